The molecule has 2 aliphatic rings. The Balaban J connectivity index is 1.62. The summed E-state index contributed by atoms with van der Waals surface area (Å²) in [6.07, 6.45) is -10.4. The Kier molecular flexibility index (Phi) is 9.88. The van der Waals surface area contributed by atoms with Crippen LogP contribution in [0.15, 0.2) is 78.9 Å². The summed E-state index contributed by atoms with van der Waals surface area (Å²) in [5.74, 6) is -0.868. The third-order valence-corrected chi connectivity index (χ3v) is 9.60. The topological polar surface area (TPSA) is 38.8 Å². The van der Waals surface area contributed by atoms with Crippen molar-refractivity contribution in [3.8, 4) is 0 Å². The van der Waals surface area contributed by atoms with Crippen molar-refractivity contribution in [3.63, 3.8) is 0 Å². The number of piperidine rings is 1. The molecule has 0 N–H and O–H groups in total. The zero-order chi connectivity index (χ0) is 33.5. The molecule has 0 radical (unpaired) electrons. The predicted octanol–water partition coefficient (Wildman–Crippen LogP) is 9.51. The predicted molar refractivity (Wildman–Crippen MR) is 170 cm³/mol. The van der Waals surface area contributed by atoms with E-state index in [1.54, 1.807) is 0 Å². The molecule has 4 nitrogen and oxygen atoms in total. The molecule has 0 aromatic heterocycles. The molecular formula is C35H36F6INO3. The third-order valence-electron chi connectivity index (χ3n) is 8.80. The number of carbonyl (C=O) groups excluding carboxylic acids is 1. The maximum absolute atomic E-state index is 13.8. The number of ether oxygens (including phenoxy) is 2. The molecule has 5 atom stereocenters. The number of hydrogen-bond donors (Lipinski definition) is 0. The maximum Gasteiger partial charge on any atom is 0.416 e. The van der Waals surface area contributed by atoms with Gasteiger partial charge in [-0.2, -0.15) is 26.3 Å². The number of fused-ring (bicyclic) bond motifs is 2. The van der Waals surface area contributed by atoms with Gasteiger partial charge in [-0.15, -0.1) is 0 Å². The Morgan fingerprint density at radius 1 is 0.891 bits per heavy atom. The summed E-state index contributed by atoms with van der Waals surface area (Å²) >= 11 is 1.94. The highest BCUT2D eigenvalue weighted by Crippen LogP contribution is 2.56. The Bertz CT molecular complexity index is 1480. The first-order chi connectivity index (χ1) is 21.5. The summed E-state index contributed by atoms with van der Waals surface area (Å²) in [5.41, 5.74) is -2.74. The lowest BCUT2D eigenvalue weighted by Crippen LogP contribution is -2.57. The summed E-state index contributed by atoms with van der Waals surface area (Å²) in [6, 6.07) is 20.7. The van der Waals surface area contributed by atoms with Crippen molar-refractivity contribution >= 4 is 28.6 Å². The number of nitrogens with zero attached hydrogens (tertiary/aromatic N) is 1. The molecule has 0 saturated carbocycles. The second-order valence-corrected chi connectivity index (χ2v) is 13.9. The number of benzene rings is 3. The molecule has 2 bridgehead atoms. The van der Waals surface area contributed by atoms with Crippen LogP contribution in [0.5, 0.6) is 0 Å². The Morgan fingerprint density at radius 3 is 1.98 bits per heavy atom. The van der Waals surface area contributed by atoms with E-state index in [4.69, 9.17) is 9.47 Å². The molecule has 2 heterocycles. The Labute approximate surface area is 278 Å². The van der Waals surface area contributed by atoms with Crippen molar-refractivity contribution in [1.29, 1.82) is 0 Å². The van der Waals surface area contributed by atoms with Crippen LogP contribution < -0.4 is 0 Å². The fourth-order valence-corrected chi connectivity index (χ4v) is 7.65. The first kappa shape index (κ1) is 34.7. The second-order valence-electron chi connectivity index (χ2n) is 13.0. The monoisotopic (exact) mass is 759 g/mol. The summed E-state index contributed by atoms with van der Waals surface area (Å²) in [7, 11) is 0. The molecule has 0 amide bonds. The van der Waals surface area contributed by atoms with Gasteiger partial charge in [0.2, 0.25) is 0 Å². The van der Waals surface area contributed by atoms with E-state index in [1.165, 1.54) is 0 Å². The molecule has 0 aliphatic carbocycles. The minimum atomic E-state index is -4.98. The van der Waals surface area contributed by atoms with Crippen LogP contribution in [0, 0.1) is 5.92 Å². The maximum atomic E-state index is 13.8. The van der Waals surface area contributed by atoms with Crippen molar-refractivity contribution in [2.45, 2.75) is 88.3 Å². The first-order valence-corrected chi connectivity index (χ1v) is 16.7. The lowest BCUT2D eigenvalue weighted by atomic mass is 9.78. The minimum absolute atomic E-state index is 0.106. The van der Waals surface area contributed by atoms with Gasteiger partial charge in [0, 0.05) is 17.0 Å². The van der Waals surface area contributed by atoms with Gasteiger partial charge in [-0.1, -0.05) is 83.3 Å². The molecule has 2 saturated heterocycles. The Hall–Kier alpha value is -2.64. The molecule has 4 unspecified atom stereocenters. The molecule has 3 aromatic rings. The van der Waals surface area contributed by atoms with Gasteiger partial charge in [-0.25, -0.2) is 0 Å². The van der Waals surface area contributed by atoms with E-state index in [-0.39, 0.29) is 28.1 Å². The minimum Gasteiger partial charge on any atom is -0.460 e. The van der Waals surface area contributed by atoms with E-state index in [0.717, 1.165) is 23.3 Å². The van der Waals surface area contributed by atoms with Crippen LogP contribution in [0.2, 0.25) is 0 Å². The van der Waals surface area contributed by atoms with Crippen LogP contribution in [0.1, 0.15) is 74.0 Å². The fourth-order valence-electron chi connectivity index (χ4n) is 6.94. The van der Waals surface area contributed by atoms with Crippen molar-refractivity contribution in [2.24, 2.45) is 5.92 Å². The summed E-state index contributed by atoms with van der Waals surface area (Å²) in [6.45, 7) is 5.88. The van der Waals surface area contributed by atoms with Gasteiger partial charge < -0.3 is 9.47 Å². The number of hydrogen-bond acceptors (Lipinski definition) is 4. The van der Waals surface area contributed by atoms with E-state index in [0.29, 0.717) is 25.8 Å². The van der Waals surface area contributed by atoms with Crippen LogP contribution in [0.4, 0.5) is 26.3 Å². The molecule has 3 aromatic carbocycles. The largest absolute Gasteiger partial charge is 0.460 e. The normalized spacial score (nSPS) is 24.5. The highest BCUT2D eigenvalue weighted by molar-refractivity contribution is 14.1. The van der Waals surface area contributed by atoms with E-state index < -0.39 is 52.7 Å². The molecule has 2 aliphatic heterocycles. The van der Waals surface area contributed by atoms with E-state index in [2.05, 4.69) is 4.90 Å². The van der Waals surface area contributed by atoms with Crippen molar-refractivity contribution < 1.29 is 40.6 Å². The van der Waals surface area contributed by atoms with Gasteiger partial charge in [0.15, 0.2) is 0 Å². The van der Waals surface area contributed by atoms with Crippen LogP contribution in [0.25, 0.3) is 0 Å². The van der Waals surface area contributed by atoms with Gasteiger partial charge in [0.1, 0.15) is 5.60 Å². The van der Waals surface area contributed by atoms with Crippen molar-refractivity contribution in [2.75, 3.05) is 4.43 Å². The molecule has 248 valence electrons. The number of halogens is 7. The average molecular weight is 760 g/mol. The number of alkyl halides is 7. The summed E-state index contributed by atoms with van der Waals surface area (Å²) in [4.78, 5) is 16.0. The van der Waals surface area contributed by atoms with Crippen LogP contribution in [-0.4, -0.2) is 33.0 Å². The number of carbonyl (C=O) groups is 1. The third kappa shape index (κ3) is 7.26. The standard InChI is InChI=1S/C35H36F6INO3/c1-32(2,3)46-31(44)27-19-33(24-12-8-5-9-13-24)30(15-14-28(27)43(33)21-22-10-6-4-7-11-22)45-29(20-42)23-16-25(34(36,37)38)18-26(17-23)35(39,40)41/h4-13,16-18,27-30H,14-15,19-21H2,1-3H3/t27?,28?,29-,30?,33?/m1/s1. The quantitative estimate of drug-likeness (QED) is 0.0994. The number of rotatable bonds is 8. The van der Waals surface area contributed by atoms with Crippen molar-refractivity contribution in [3.05, 3.63) is 107 Å². The highest BCUT2D eigenvalue weighted by Gasteiger charge is 2.62. The SMILES string of the molecule is CC(C)(C)OC(=O)C1CC2(c3ccccc3)C(O[C@H](CI)c3cc(C(F)(F)F)cc(C(F)(F)F)c3)CCC1N2Cc1ccccc1. The first-order valence-electron chi connectivity index (χ1n) is 15.1. The zero-order valence-electron chi connectivity index (χ0n) is 25.7. The average Bonchev–Trinajstić information content (AvgIpc) is 3.20. The smallest absolute Gasteiger partial charge is 0.416 e. The van der Waals surface area contributed by atoms with Crippen molar-refractivity contribution in [1.82, 2.24) is 4.90 Å². The van der Waals surface area contributed by atoms with Crippen LogP contribution >= 0.6 is 22.6 Å². The van der Waals surface area contributed by atoms with Gasteiger partial charge >= 0.3 is 18.3 Å². The number of esters is 1. The second kappa shape index (κ2) is 13.1. The molecule has 0 spiro atoms. The zero-order valence-corrected chi connectivity index (χ0v) is 27.8. The summed E-state index contributed by atoms with van der Waals surface area (Å²) < 4.78 is 95.5. The molecule has 2 fully saturated rings. The van der Waals surface area contributed by atoms with Gasteiger partial charge in [-0.05, 0) is 74.9 Å². The fraction of sp³-hybridized carbons (Fsp3) is 0.457. The lowest BCUT2D eigenvalue weighted by molar-refractivity contribution is -0.161. The van der Waals surface area contributed by atoms with Crippen LogP contribution in [-0.2, 0) is 38.7 Å². The van der Waals surface area contributed by atoms with E-state index in [1.807, 2.05) is 104 Å². The van der Waals surface area contributed by atoms with Crippen LogP contribution in [0.3, 0.4) is 0 Å². The molecule has 5 rings (SSSR count). The van der Waals surface area contributed by atoms with E-state index >= 15 is 0 Å². The van der Waals surface area contributed by atoms with Gasteiger partial charge in [0.05, 0.1) is 34.8 Å². The summed E-state index contributed by atoms with van der Waals surface area (Å²) in [5, 5.41) is 0. The van der Waals surface area contributed by atoms with E-state index in [9.17, 15) is 31.1 Å². The van der Waals surface area contributed by atoms with Gasteiger partial charge in [0.25, 0.3) is 0 Å². The molecule has 46 heavy (non-hydrogen) atoms. The Morgan fingerprint density at radius 2 is 1.46 bits per heavy atom. The molecule has 11 heteroatoms. The van der Waals surface area contributed by atoms with Gasteiger partial charge in [-0.3, -0.25) is 9.69 Å². The molecular weight excluding hydrogens is 723 g/mol. The lowest BCUT2D eigenvalue weighted by Gasteiger charge is -2.51. The highest BCUT2D eigenvalue weighted by atomic mass is 127.